The number of carbonyl (C=O) groups is 2. The van der Waals surface area contributed by atoms with Crippen LogP contribution in [0.15, 0.2) is 65.2 Å². The zero-order chi connectivity index (χ0) is 18.1. The van der Waals surface area contributed by atoms with Crippen molar-refractivity contribution in [3.63, 3.8) is 0 Å². The zero-order valence-corrected chi connectivity index (χ0v) is 14.9. The van der Waals surface area contributed by atoms with Crippen LogP contribution < -0.4 is 4.90 Å². The summed E-state index contributed by atoms with van der Waals surface area (Å²) in [5, 5.41) is 0.704. The van der Waals surface area contributed by atoms with Crippen molar-refractivity contribution in [2.45, 2.75) is 0 Å². The first kappa shape index (κ1) is 16.8. The van der Waals surface area contributed by atoms with E-state index in [1.54, 1.807) is 6.08 Å². The van der Waals surface area contributed by atoms with Gasteiger partial charge in [0.15, 0.2) is 0 Å². The molecule has 1 saturated heterocycles. The standard InChI is InChI=1S/C20H18ClN3O2/c21-14-4-3-5-15(12-14)23-8-10-24(11-9-23)20(26)17-13-19(25)22-18-7-2-1-6-16(17)18/h1-7,12-13,16H,8-11H2. The molecule has 0 saturated carbocycles. The number of anilines is 1. The molecule has 1 aromatic rings. The van der Waals surface area contributed by atoms with Crippen LogP contribution in [0.5, 0.6) is 0 Å². The number of dihydropyridines is 1. The Morgan fingerprint density at radius 2 is 1.96 bits per heavy atom. The van der Waals surface area contributed by atoms with Gasteiger partial charge in [0.25, 0.3) is 11.8 Å². The van der Waals surface area contributed by atoms with Gasteiger partial charge in [-0.15, -0.1) is 0 Å². The van der Waals surface area contributed by atoms with Crippen molar-refractivity contribution >= 4 is 34.8 Å². The van der Waals surface area contributed by atoms with Gasteiger partial charge in [-0.2, -0.15) is 0 Å². The van der Waals surface area contributed by atoms with E-state index < -0.39 is 0 Å². The van der Waals surface area contributed by atoms with Crippen molar-refractivity contribution in [2.75, 3.05) is 31.1 Å². The Kier molecular flexibility index (Phi) is 4.47. The molecule has 0 N–H and O–H groups in total. The number of allylic oxidation sites excluding steroid dienone is 4. The van der Waals surface area contributed by atoms with E-state index >= 15 is 0 Å². The first-order chi connectivity index (χ1) is 12.6. The van der Waals surface area contributed by atoms with E-state index in [2.05, 4.69) is 9.89 Å². The fourth-order valence-electron chi connectivity index (χ4n) is 3.50. The van der Waals surface area contributed by atoms with E-state index in [0.717, 1.165) is 18.8 Å². The Morgan fingerprint density at radius 1 is 1.15 bits per heavy atom. The Labute approximate surface area is 156 Å². The minimum absolute atomic E-state index is 0.0820. The fraction of sp³-hybridized carbons (Fsp3) is 0.250. The second-order valence-corrected chi connectivity index (χ2v) is 6.89. The molecule has 26 heavy (non-hydrogen) atoms. The van der Waals surface area contributed by atoms with E-state index in [-0.39, 0.29) is 17.7 Å². The molecule has 2 amide bonds. The SMILES string of the molecule is O=C1C=C(C(=O)N2CCN(c3cccc(Cl)c3)CC2)C2C=CC=CC2=N1. The number of amides is 2. The molecule has 0 radical (unpaired) electrons. The Morgan fingerprint density at radius 3 is 2.73 bits per heavy atom. The molecule has 0 aromatic heterocycles. The van der Waals surface area contributed by atoms with Crippen LogP contribution in [-0.2, 0) is 9.59 Å². The van der Waals surface area contributed by atoms with Crippen molar-refractivity contribution in [3.05, 3.63) is 65.2 Å². The maximum Gasteiger partial charge on any atom is 0.270 e. The minimum Gasteiger partial charge on any atom is -0.368 e. The van der Waals surface area contributed by atoms with Gasteiger partial charge in [-0.25, -0.2) is 4.99 Å². The van der Waals surface area contributed by atoms with Crippen LogP contribution in [0.3, 0.4) is 0 Å². The first-order valence-electron chi connectivity index (χ1n) is 8.60. The van der Waals surface area contributed by atoms with E-state index in [4.69, 9.17) is 11.6 Å². The summed E-state index contributed by atoms with van der Waals surface area (Å²) in [5.41, 5.74) is 2.21. The fourth-order valence-corrected chi connectivity index (χ4v) is 3.69. The number of fused-ring (bicyclic) bond motifs is 1. The summed E-state index contributed by atoms with van der Waals surface area (Å²) >= 11 is 6.07. The van der Waals surface area contributed by atoms with Gasteiger partial charge in [0, 0.05) is 48.5 Å². The third-order valence-corrected chi connectivity index (χ3v) is 5.08. The average molecular weight is 368 g/mol. The summed E-state index contributed by atoms with van der Waals surface area (Å²) in [6.07, 6.45) is 8.80. The molecule has 0 bridgehead atoms. The lowest BCUT2D eigenvalue weighted by molar-refractivity contribution is -0.128. The molecule has 1 fully saturated rings. The van der Waals surface area contributed by atoms with Crippen molar-refractivity contribution < 1.29 is 9.59 Å². The van der Waals surface area contributed by atoms with Crippen LogP contribution in [0.2, 0.25) is 5.02 Å². The third-order valence-electron chi connectivity index (χ3n) is 4.84. The highest BCUT2D eigenvalue weighted by molar-refractivity contribution is 6.30. The number of nitrogens with zero attached hydrogens (tertiary/aromatic N) is 3. The van der Waals surface area contributed by atoms with Crippen molar-refractivity contribution in [1.29, 1.82) is 0 Å². The molecule has 3 aliphatic rings. The number of carbonyl (C=O) groups excluding carboxylic acids is 2. The molecule has 6 heteroatoms. The summed E-state index contributed by atoms with van der Waals surface area (Å²) in [6, 6.07) is 7.73. The lowest BCUT2D eigenvalue weighted by atomic mass is 9.87. The number of halogens is 1. The third kappa shape index (κ3) is 3.22. The normalized spacial score (nSPS) is 22.0. The Bertz CT molecular complexity index is 877. The predicted molar refractivity (Wildman–Crippen MR) is 103 cm³/mol. The van der Waals surface area contributed by atoms with Gasteiger partial charge in [-0.05, 0) is 24.3 Å². The number of hydrogen-bond acceptors (Lipinski definition) is 3. The Balaban J connectivity index is 1.46. The Hall–Kier alpha value is -2.66. The van der Waals surface area contributed by atoms with Crippen LogP contribution in [0.4, 0.5) is 5.69 Å². The monoisotopic (exact) mass is 367 g/mol. The molecule has 1 aliphatic carbocycles. The number of hydrogen-bond donors (Lipinski definition) is 0. The van der Waals surface area contributed by atoms with E-state index in [9.17, 15) is 9.59 Å². The molecular formula is C20H18ClN3O2. The van der Waals surface area contributed by atoms with Gasteiger partial charge in [0.1, 0.15) is 0 Å². The number of piperazine rings is 1. The van der Waals surface area contributed by atoms with Crippen molar-refractivity contribution in [3.8, 4) is 0 Å². The summed E-state index contributed by atoms with van der Waals surface area (Å²) in [4.78, 5) is 32.9. The zero-order valence-electron chi connectivity index (χ0n) is 14.1. The summed E-state index contributed by atoms with van der Waals surface area (Å²) < 4.78 is 0. The second-order valence-electron chi connectivity index (χ2n) is 6.46. The van der Waals surface area contributed by atoms with Crippen LogP contribution in [-0.4, -0.2) is 48.6 Å². The van der Waals surface area contributed by atoms with Crippen molar-refractivity contribution in [2.24, 2.45) is 10.9 Å². The van der Waals surface area contributed by atoms with Gasteiger partial charge in [-0.3, -0.25) is 9.59 Å². The molecule has 1 unspecified atom stereocenters. The number of rotatable bonds is 2. The van der Waals surface area contributed by atoms with E-state index in [0.29, 0.717) is 29.4 Å². The molecule has 5 nitrogen and oxygen atoms in total. The van der Waals surface area contributed by atoms with Crippen LogP contribution in [0.25, 0.3) is 0 Å². The minimum atomic E-state index is -0.364. The maximum atomic E-state index is 13.0. The first-order valence-corrected chi connectivity index (χ1v) is 8.98. The highest BCUT2D eigenvalue weighted by Gasteiger charge is 2.32. The molecular weight excluding hydrogens is 350 g/mol. The molecule has 1 aromatic carbocycles. The van der Waals surface area contributed by atoms with Gasteiger partial charge < -0.3 is 9.80 Å². The molecule has 1 atom stereocenters. The highest BCUT2D eigenvalue weighted by atomic mass is 35.5. The molecule has 4 rings (SSSR count). The van der Waals surface area contributed by atoms with Crippen LogP contribution in [0, 0.1) is 5.92 Å². The maximum absolute atomic E-state index is 13.0. The van der Waals surface area contributed by atoms with Gasteiger partial charge in [-0.1, -0.05) is 35.9 Å². The van der Waals surface area contributed by atoms with Gasteiger partial charge in [0.05, 0.1) is 11.6 Å². The average Bonchev–Trinajstić information content (AvgIpc) is 2.67. The number of aliphatic imine (C=N–C) groups is 1. The molecule has 2 heterocycles. The largest absolute Gasteiger partial charge is 0.368 e. The molecule has 132 valence electrons. The summed E-state index contributed by atoms with van der Waals surface area (Å²) in [6.45, 7) is 2.68. The summed E-state index contributed by atoms with van der Waals surface area (Å²) in [7, 11) is 0. The molecule has 0 spiro atoms. The summed E-state index contributed by atoms with van der Waals surface area (Å²) in [5.74, 6) is -0.672. The van der Waals surface area contributed by atoms with Gasteiger partial charge >= 0.3 is 0 Å². The predicted octanol–water partition coefficient (Wildman–Crippen LogP) is 2.64. The van der Waals surface area contributed by atoms with Crippen LogP contribution in [0.1, 0.15) is 0 Å². The van der Waals surface area contributed by atoms with Crippen molar-refractivity contribution in [1.82, 2.24) is 4.90 Å². The van der Waals surface area contributed by atoms with Gasteiger partial charge in [0.2, 0.25) is 0 Å². The molecule has 2 aliphatic heterocycles. The quantitative estimate of drug-likeness (QED) is 0.807. The van der Waals surface area contributed by atoms with Crippen LogP contribution >= 0.6 is 11.6 Å². The number of benzene rings is 1. The highest BCUT2D eigenvalue weighted by Crippen LogP contribution is 2.26. The van der Waals surface area contributed by atoms with E-state index in [1.807, 2.05) is 47.4 Å². The van der Waals surface area contributed by atoms with E-state index in [1.165, 1.54) is 6.08 Å². The lowest BCUT2D eigenvalue weighted by Gasteiger charge is -2.37. The lowest BCUT2D eigenvalue weighted by Crippen LogP contribution is -2.50. The smallest absolute Gasteiger partial charge is 0.270 e. The second kappa shape index (κ2) is 6.92. The topological polar surface area (TPSA) is 53.0 Å².